The molecule has 15 heteroatoms. The van der Waals surface area contributed by atoms with Crippen LogP contribution in [0.4, 0.5) is 11.4 Å². The molecule has 0 radical (unpaired) electrons. The SMILES string of the molecule is COc1ncc(C(C)(C)C)cc1NS(=O)(=O)C1CC1COc1ncc(C)cc1N(S(C)(=O)=O)S(C)(=O)=O. The molecule has 37 heavy (non-hydrogen) atoms. The van der Waals surface area contributed by atoms with Crippen molar-refractivity contribution in [3.05, 3.63) is 35.7 Å². The van der Waals surface area contributed by atoms with Crippen LogP contribution < -0.4 is 17.9 Å². The summed E-state index contributed by atoms with van der Waals surface area (Å²) in [6.45, 7) is 7.44. The molecule has 0 saturated heterocycles. The van der Waals surface area contributed by atoms with E-state index in [1.807, 2.05) is 20.8 Å². The highest BCUT2D eigenvalue weighted by Gasteiger charge is 2.48. The molecule has 2 atom stereocenters. The molecule has 12 nitrogen and oxygen atoms in total. The first-order valence-electron chi connectivity index (χ1n) is 11.2. The fourth-order valence-electron chi connectivity index (χ4n) is 3.67. The van der Waals surface area contributed by atoms with Gasteiger partial charge in [0.25, 0.3) is 0 Å². The average molecular weight is 577 g/mol. The van der Waals surface area contributed by atoms with E-state index in [0.717, 1.165) is 18.1 Å². The van der Waals surface area contributed by atoms with Crippen LogP contribution in [-0.2, 0) is 35.5 Å². The predicted octanol–water partition coefficient (Wildman–Crippen LogP) is 2.03. The Bertz CT molecular complexity index is 1470. The van der Waals surface area contributed by atoms with E-state index < -0.39 is 41.2 Å². The second kappa shape index (κ2) is 9.91. The number of aromatic nitrogens is 2. The maximum absolute atomic E-state index is 13.1. The first-order valence-corrected chi connectivity index (χ1v) is 16.4. The first-order chi connectivity index (χ1) is 16.8. The van der Waals surface area contributed by atoms with Gasteiger partial charge in [0.1, 0.15) is 11.4 Å². The fraction of sp³-hybridized carbons (Fsp3) is 0.545. The molecular formula is C22H32N4O8S3. The molecule has 3 rings (SSSR count). The van der Waals surface area contributed by atoms with E-state index in [-0.39, 0.29) is 45.3 Å². The van der Waals surface area contributed by atoms with E-state index in [2.05, 4.69) is 14.7 Å². The number of rotatable bonds is 10. The monoisotopic (exact) mass is 576 g/mol. The van der Waals surface area contributed by atoms with Crippen LogP contribution >= 0.6 is 0 Å². The standard InChI is InChI=1S/C22H32N4O8S3/c1-14-8-18(26(35(6,27)28)36(7,29)30)21(23-11-14)34-13-15-9-19(15)37(31,32)25-17-10-16(22(2,3)4)12-24-20(17)33-5/h8,10-12,15,19,25H,9,13H2,1-7H3. The largest absolute Gasteiger partial charge is 0.480 e. The van der Waals surface area contributed by atoms with Gasteiger partial charge in [-0.3, -0.25) is 4.72 Å². The maximum Gasteiger partial charge on any atom is 0.245 e. The van der Waals surface area contributed by atoms with E-state index in [9.17, 15) is 25.3 Å². The molecule has 0 aromatic carbocycles. The summed E-state index contributed by atoms with van der Waals surface area (Å²) in [5.41, 5.74) is 1.02. The lowest BCUT2D eigenvalue weighted by Crippen LogP contribution is -2.35. The highest BCUT2D eigenvalue weighted by Crippen LogP contribution is 2.41. The molecule has 2 heterocycles. The van der Waals surface area contributed by atoms with Crippen LogP contribution in [0.25, 0.3) is 0 Å². The number of nitrogens with one attached hydrogen (secondary N) is 1. The predicted molar refractivity (Wildman–Crippen MR) is 141 cm³/mol. The Hall–Kier alpha value is -2.65. The zero-order valence-electron chi connectivity index (χ0n) is 21.7. The van der Waals surface area contributed by atoms with Crippen molar-refractivity contribution < 1.29 is 34.7 Å². The normalized spacial score (nSPS) is 18.2. The summed E-state index contributed by atoms with van der Waals surface area (Å²) in [6.07, 6.45) is 4.83. The van der Waals surface area contributed by atoms with Gasteiger partial charge in [0.15, 0.2) is 0 Å². The van der Waals surface area contributed by atoms with Crippen LogP contribution in [0.15, 0.2) is 24.5 Å². The zero-order chi connectivity index (χ0) is 28.0. The van der Waals surface area contributed by atoms with Crippen LogP contribution in [0.2, 0.25) is 0 Å². The number of sulfonamides is 3. The fourth-order valence-corrected chi connectivity index (χ4v) is 8.31. The molecule has 1 N–H and O–H groups in total. The number of ether oxygens (including phenoxy) is 2. The van der Waals surface area contributed by atoms with Crippen LogP contribution in [0.5, 0.6) is 11.8 Å². The van der Waals surface area contributed by atoms with Crippen molar-refractivity contribution in [3.63, 3.8) is 0 Å². The molecule has 1 saturated carbocycles. The number of aryl methyl sites for hydroxylation is 1. The Morgan fingerprint density at radius 1 is 1.00 bits per heavy atom. The lowest BCUT2D eigenvalue weighted by atomic mass is 9.88. The van der Waals surface area contributed by atoms with Crippen molar-refractivity contribution in [2.24, 2.45) is 5.92 Å². The topological polar surface area (TPSA) is 162 Å². The number of hydrogen-bond acceptors (Lipinski definition) is 10. The van der Waals surface area contributed by atoms with E-state index in [1.54, 1.807) is 19.2 Å². The first kappa shape index (κ1) is 28.9. The van der Waals surface area contributed by atoms with Crippen molar-refractivity contribution in [1.82, 2.24) is 9.97 Å². The molecular weight excluding hydrogens is 544 g/mol. The summed E-state index contributed by atoms with van der Waals surface area (Å²) < 4.78 is 88.8. The average Bonchev–Trinajstić information content (AvgIpc) is 3.51. The van der Waals surface area contributed by atoms with Crippen LogP contribution in [0.3, 0.4) is 0 Å². The number of hydrogen-bond donors (Lipinski definition) is 1. The smallest absolute Gasteiger partial charge is 0.245 e. The molecule has 2 unspecified atom stereocenters. The minimum Gasteiger partial charge on any atom is -0.480 e. The summed E-state index contributed by atoms with van der Waals surface area (Å²) in [5, 5.41) is -0.787. The van der Waals surface area contributed by atoms with E-state index in [0.29, 0.717) is 5.56 Å². The second-order valence-corrected chi connectivity index (χ2v) is 15.9. The lowest BCUT2D eigenvalue weighted by molar-refractivity contribution is 0.290. The van der Waals surface area contributed by atoms with Crippen molar-refractivity contribution in [2.75, 3.05) is 34.7 Å². The minimum atomic E-state index is -4.23. The third-order valence-corrected chi connectivity index (χ3v) is 10.7. The Balaban J connectivity index is 1.79. The maximum atomic E-state index is 13.1. The highest BCUT2D eigenvalue weighted by molar-refractivity contribution is 8.09. The summed E-state index contributed by atoms with van der Waals surface area (Å²) >= 11 is 0. The van der Waals surface area contributed by atoms with Crippen molar-refractivity contribution in [3.8, 4) is 11.8 Å². The molecule has 2 aromatic heterocycles. The third-order valence-electron chi connectivity index (χ3n) is 5.62. The number of anilines is 2. The Morgan fingerprint density at radius 2 is 1.59 bits per heavy atom. The minimum absolute atomic E-state index is 0.118. The highest BCUT2D eigenvalue weighted by atomic mass is 32.3. The van der Waals surface area contributed by atoms with Gasteiger partial charge in [0.2, 0.25) is 41.8 Å². The van der Waals surface area contributed by atoms with E-state index in [4.69, 9.17) is 9.47 Å². The molecule has 1 aliphatic carbocycles. The molecule has 2 aromatic rings. The number of pyridine rings is 2. The summed E-state index contributed by atoms with van der Waals surface area (Å²) in [4.78, 5) is 8.26. The van der Waals surface area contributed by atoms with Gasteiger partial charge in [-0.15, -0.1) is 0 Å². The Labute approximate surface area is 218 Å². The quantitative estimate of drug-likeness (QED) is 0.443. The van der Waals surface area contributed by atoms with Crippen LogP contribution in [-0.4, -0.2) is 66.7 Å². The van der Waals surface area contributed by atoms with Crippen LogP contribution in [0, 0.1) is 12.8 Å². The molecule has 0 bridgehead atoms. The van der Waals surface area contributed by atoms with E-state index >= 15 is 0 Å². The summed E-state index contributed by atoms with van der Waals surface area (Å²) in [5.74, 6) is -0.524. The lowest BCUT2D eigenvalue weighted by Gasteiger charge is -2.22. The van der Waals surface area contributed by atoms with Gasteiger partial charge < -0.3 is 9.47 Å². The van der Waals surface area contributed by atoms with Crippen LogP contribution in [0.1, 0.15) is 38.3 Å². The Kier molecular flexibility index (Phi) is 7.74. The van der Waals surface area contributed by atoms with E-state index in [1.165, 1.54) is 19.4 Å². The zero-order valence-corrected chi connectivity index (χ0v) is 24.2. The number of methoxy groups -OCH3 is 1. The summed E-state index contributed by atoms with van der Waals surface area (Å²) in [7, 11) is -10.9. The second-order valence-electron chi connectivity index (χ2n) is 10.1. The van der Waals surface area contributed by atoms with Crippen molar-refractivity contribution >= 4 is 41.4 Å². The van der Waals surface area contributed by atoms with Crippen molar-refractivity contribution in [2.45, 2.75) is 44.8 Å². The third kappa shape index (κ3) is 6.82. The van der Waals surface area contributed by atoms with Gasteiger partial charge in [-0.1, -0.05) is 20.8 Å². The molecule has 206 valence electrons. The molecule has 0 aliphatic heterocycles. The van der Waals surface area contributed by atoms with Gasteiger partial charge in [0.05, 0.1) is 31.5 Å². The molecule has 1 aliphatic rings. The number of nitrogens with zero attached hydrogens (tertiary/aromatic N) is 3. The van der Waals surface area contributed by atoms with Crippen molar-refractivity contribution in [1.29, 1.82) is 0 Å². The van der Waals surface area contributed by atoms with Gasteiger partial charge in [-0.05, 0) is 42.0 Å². The van der Waals surface area contributed by atoms with Gasteiger partial charge in [-0.25, -0.2) is 35.2 Å². The van der Waals surface area contributed by atoms with Gasteiger partial charge in [0, 0.05) is 18.3 Å². The molecule has 0 spiro atoms. The molecule has 1 fully saturated rings. The summed E-state index contributed by atoms with van der Waals surface area (Å²) in [6, 6.07) is 3.01. The molecule has 0 amide bonds. The Morgan fingerprint density at radius 3 is 2.14 bits per heavy atom. The van der Waals surface area contributed by atoms with Gasteiger partial charge in [-0.2, -0.15) is 3.71 Å². The van der Waals surface area contributed by atoms with Gasteiger partial charge >= 0.3 is 0 Å².